The van der Waals surface area contributed by atoms with Gasteiger partial charge in [-0.3, -0.25) is 4.79 Å². The third kappa shape index (κ3) is 12.8. The summed E-state index contributed by atoms with van der Waals surface area (Å²) < 4.78 is 31.5. The zero-order valence-corrected chi connectivity index (χ0v) is 17.7. The second-order valence-corrected chi connectivity index (χ2v) is 7.04. The fraction of sp³-hybridized carbons (Fsp3) is 0.619. The van der Waals surface area contributed by atoms with E-state index in [9.17, 15) is 9.59 Å². The molecule has 0 heterocycles. The van der Waals surface area contributed by atoms with Crippen molar-refractivity contribution in [3.8, 4) is 5.75 Å². The van der Waals surface area contributed by atoms with Crippen LogP contribution in [0.4, 0.5) is 0 Å². The van der Waals surface area contributed by atoms with Crippen molar-refractivity contribution in [2.45, 2.75) is 32.8 Å². The van der Waals surface area contributed by atoms with Gasteiger partial charge in [0.05, 0.1) is 58.7 Å². The molecule has 0 fully saturated rings. The Morgan fingerprint density at radius 2 is 1.45 bits per heavy atom. The van der Waals surface area contributed by atoms with Crippen LogP contribution in [0.15, 0.2) is 24.3 Å². The van der Waals surface area contributed by atoms with Gasteiger partial charge in [0.25, 0.3) is 0 Å². The number of rotatable bonds is 14. The van der Waals surface area contributed by atoms with Crippen molar-refractivity contribution in [2.75, 3.05) is 53.4 Å². The second kappa shape index (κ2) is 13.9. The largest absolute Gasteiger partial charge is 0.491 e. The van der Waals surface area contributed by atoms with Gasteiger partial charge < -0.3 is 28.4 Å². The summed E-state index contributed by atoms with van der Waals surface area (Å²) in [5.74, 6) is -0.0972. The number of benzene rings is 1. The fourth-order valence-corrected chi connectivity index (χ4v) is 2.14. The molecule has 0 unspecified atom stereocenters. The SMILES string of the molecule is COC(=O)c1cccc(OCCOCCOCCOCCC(=O)OC(C)(C)C)c1. The lowest BCUT2D eigenvalue weighted by Gasteiger charge is -2.19. The zero-order chi connectivity index (χ0) is 21.5. The predicted octanol–water partition coefficient (Wildman–Crippen LogP) is 2.63. The van der Waals surface area contributed by atoms with Crippen LogP contribution < -0.4 is 4.74 Å². The molecule has 0 saturated heterocycles. The maximum atomic E-state index is 11.5. The van der Waals surface area contributed by atoms with E-state index in [0.717, 1.165) is 0 Å². The highest BCUT2D eigenvalue weighted by Crippen LogP contribution is 2.14. The number of hydrogen-bond donors (Lipinski definition) is 0. The van der Waals surface area contributed by atoms with Crippen LogP contribution in [0.5, 0.6) is 5.75 Å². The van der Waals surface area contributed by atoms with E-state index >= 15 is 0 Å². The Labute approximate surface area is 172 Å². The first-order valence-corrected chi connectivity index (χ1v) is 9.58. The summed E-state index contributed by atoms with van der Waals surface area (Å²) in [6.45, 7) is 8.26. The molecule has 0 bridgehead atoms. The van der Waals surface area contributed by atoms with Crippen LogP contribution >= 0.6 is 0 Å². The molecule has 8 nitrogen and oxygen atoms in total. The summed E-state index contributed by atoms with van der Waals surface area (Å²) in [6.07, 6.45) is 0.225. The van der Waals surface area contributed by atoms with Crippen molar-refractivity contribution < 1.29 is 38.0 Å². The van der Waals surface area contributed by atoms with Crippen molar-refractivity contribution in [1.82, 2.24) is 0 Å². The lowest BCUT2D eigenvalue weighted by atomic mass is 10.2. The molecule has 0 aliphatic rings. The molecular formula is C21H32O8. The first kappa shape index (κ1) is 24.9. The van der Waals surface area contributed by atoms with Crippen molar-refractivity contribution in [3.05, 3.63) is 29.8 Å². The van der Waals surface area contributed by atoms with Crippen LogP contribution in [-0.2, 0) is 28.5 Å². The van der Waals surface area contributed by atoms with Gasteiger partial charge in [-0.1, -0.05) is 6.07 Å². The van der Waals surface area contributed by atoms with Gasteiger partial charge in [0.1, 0.15) is 18.0 Å². The van der Waals surface area contributed by atoms with Crippen LogP contribution in [0.3, 0.4) is 0 Å². The second-order valence-electron chi connectivity index (χ2n) is 7.04. The summed E-state index contributed by atoms with van der Waals surface area (Å²) in [5.41, 5.74) is -0.0363. The molecule has 0 amide bonds. The summed E-state index contributed by atoms with van der Waals surface area (Å²) in [5, 5.41) is 0. The zero-order valence-electron chi connectivity index (χ0n) is 17.7. The molecule has 1 aromatic rings. The lowest BCUT2D eigenvalue weighted by Crippen LogP contribution is -2.24. The van der Waals surface area contributed by atoms with Crippen LogP contribution in [-0.4, -0.2) is 70.9 Å². The van der Waals surface area contributed by atoms with Crippen LogP contribution in [0.1, 0.15) is 37.6 Å². The molecule has 164 valence electrons. The number of carbonyl (C=O) groups is 2. The molecule has 0 N–H and O–H groups in total. The molecule has 0 atom stereocenters. The van der Waals surface area contributed by atoms with Gasteiger partial charge in [0, 0.05) is 0 Å². The minimum atomic E-state index is -0.474. The smallest absolute Gasteiger partial charge is 0.337 e. The maximum absolute atomic E-state index is 11.5. The fourth-order valence-electron chi connectivity index (χ4n) is 2.14. The third-order valence-electron chi connectivity index (χ3n) is 3.37. The molecule has 29 heavy (non-hydrogen) atoms. The molecule has 0 aliphatic carbocycles. The van der Waals surface area contributed by atoms with Gasteiger partial charge in [-0.05, 0) is 39.0 Å². The van der Waals surface area contributed by atoms with E-state index in [1.807, 2.05) is 20.8 Å². The first-order valence-electron chi connectivity index (χ1n) is 9.58. The molecule has 0 aliphatic heterocycles. The van der Waals surface area contributed by atoms with E-state index < -0.39 is 11.6 Å². The number of ether oxygens (including phenoxy) is 6. The molecule has 8 heteroatoms. The topological polar surface area (TPSA) is 89.5 Å². The van der Waals surface area contributed by atoms with Gasteiger partial charge in [-0.25, -0.2) is 4.79 Å². The van der Waals surface area contributed by atoms with E-state index in [-0.39, 0.29) is 12.4 Å². The number of hydrogen-bond acceptors (Lipinski definition) is 8. The quantitative estimate of drug-likeness (QED) is 0.340. The van der Waals surface area contributed by atoms with E-state index in [1.54, 1.807) is 24.3 Å². The number of carbonyl (C=O) groups excluding carboxylic acids is 2. The van der Waals surface area contributed by atoms with Gasteiger partial charge in [0.2, 0.25) is 0 Å². The van der Waals surface area contributed by atoms with E-state index in [0.29, 0.717) is 57.6 Å². The normalized spacial score (nSPS) is 11.2. The maximum Gasteiger partial charge on any atom is 0.337 e. The Morgan fingerprint density at radius 1 is 0.862 bits per heavy atom. The summed E-state index contributed by atoms with van der Waals surface area (Å²) in [7, 11) is 1.34. The molecule has 0 saturated carbocycles. The summed E-state index contributed by atoms with van der Waals surface area (Å²) >= 11 is 0. The monoisotopic (exact) mass is 412 g/mol. The van der Waals surface area contributed by atoms with E-state index in [1.165, 1.54) is 7.11 Å². The van der Waals surface area contributed by atoms with Crippen LogP contribution in [0.25, 0.3) is 0 Å². The predicted molar refractivity (Wildman–Crippen MR) is 106 cm³/mol. The summed E-state index contributed by atoms with van der Waals surface area (Å²) in [4.78, 5) is 22.9. The Hall–Kier alpha value is -2.16. The van der Waals surface area contributed by atoms with E-state index in [4.69, 9.17) is 23.7 Å². The van der Waals surface area contributed by atoms with Gasteiger partial charge in [-0.2, -0.15) is 0 Å². The molecule has 1 rings (SSSR count). The van der Waals surface area contributed by atoms with Crippen molar-refractivity contribution in [1.29, 1.82) is 0 Å². The molecule has 0 aromatic heterocycles. The van der Waals surface area contributed by atoms with Gasteiger partial charge in [-0.15, -0.1) is 0 Å². The van der Waals surface area contributed by atoms with Crippen molar-refractivity contribution in [2.24, 2.45) is 0 Å². The Kier molecular flexibility index (Phi) is 11.9. The first-order chi connectivity index (χ1) is 13.8. The minimum absolute atomic E-state index is 0.225. The average molecular weight is 412 g/mol. The number of methoxy groups -OCH3 is 1. The lowest BCUT2D eigenvalue weighted by molar-refractivity contribution is -0.156. The highest BCUT2D eigenvalue weighted by Gasteiger charge is 2.15. The van der Waals surface area contributed by atoms with Gasteiger partial charge in [0.15, 0.2) is 0 Å². The Balaban J connectivity index is 1.94. The standard InChI is InChI=1S/C21H32O8/c1-21(2,3)29-19(22)8-9-25-10-11-26-12-13-27-14-15-28-18-7-5-6-17(16-18)20(23)24-4/h5-7,16H,8-15H2,1-4H3. The highest BCUT2D eigenvalue weighted by atomic mass is 16.6. The summed E-state index contributed by atoms with van der Waals surface area (Å²) in [6, 6.07) is 6.77. The Bertz CT molecular complexity index is 609. The van der Waals surface area contributed by atoms with Crippen molar-refractivity contribution >= 4 is 11.9 Å². The third-order valence-corrected chi connectivity index (χ3v) is 3.37. The molecule has 0 radical (unpaired) electrons. The van der Waals surface area contributed by atoms with Crippen LogP contribution in [0, 0.1) is 0 Å². The molecule has 0 spiro atoms. The van der Waals surface area contributed by atoms with Crippen molar-refractivity contribution in [3.63, 3.8) is 0 Å². The highest BCUT2D eigenvalue weighted by molar-refractivity contribution is 5.89. The van der Waals surface area contributed by atoms with Gasteiger partial charge >= 0.3 is 11.9 Å². The molecular weight excluding hydrogens is 380 g/mol. The number of esters is 2. The average Bonchev–Trinajstić information content (AvgIpc) is 2.67. The van der Waals surface area contributed by atoms with Crippen LogP contribution in [0.2, 0.25) is 0 Å². The molecule has 1 aromatic carbocycles. The Morgan fingerprint density at radius 3 is 2.03 bits per heavy atom. The minimum Gasteiger partial charge on any atom is -0.491 e. The van der Waals surface area contributed by atoms with E-state index in [2.05, 4.69) is 4.74 Å².